The molecule has 2 aliphatic rings. The molecule has 0 saturated carbocycles. The second kappa shape index (κ2) is 16.5. The van der Waals surface area contributed by atoms with Crippen LogP contribution < -0.4 is 5.32 Å². The molecule has 240 valence electrons. The van der Waals surface area contributed by atoms with Crippen LogP contribution in [0.2, 0.25) is 0 Å². The number of likely N-dealkylation sites (tertiary alicyclic amines) is 2. The molecule has 2 fully saturated rings. The Bertz CT molecular complexity index is 1520. The van der Waals surface area contributed by atoms with E-state index in [9.17, 15) is 28.8 Å². The Labute approximate surface area is 265 Å². The minimum atomic E-state index is -1.19. The van der Waals surface area contributed by atoms with Crippen molar-refractivity contribution in [3.05, 3.63) is 108 Å². The molecular weight excluding hydrogens is 594 g/mol. The lowest BCUT2D eigenvalue weighted by Crippen LogP contribution is -2.48. The molecule has 2 aliphatic heterocycles. The first kappa shape index (κ1) is 33.4. The molecular formula is C34H35N3O9. The van der Waals surface area contributed by atoms with Crippen LogP contribution in [0.4, 0.5) is 9.59 Å². The molecule has 2 atom stereocenters. The average molecular weight is 630 g/mol. The van der Waals surface area contributed by atoms with Crippen molar-refractivity contribution in [2.24, 2.45) is 0 Å². The van der Waals surface area contributed by atoms with Gasteiger partial charge in [0, 0.05) is 19.4 Å². The van der Waals surface area contributed by atoms with Gasteiger partial charge in [0.1, 0.15) is 25.3 Å². The van der Waals surface area contributed by atoms with Gasteiger partial charge in [-0.1, -0.05) is 91.0 Å². The smallest absolute Gasteiger partial charge is 0.417 e. The predicted octanol–water partition coefficient (Wildman–Crippen LogP) is 4.07. The Morgan fingerprint density at radius 1 is 0.652 bits per heavy atom. The SMILES string of the molecule is O=C(NCCc1ccccc1)[C@@H]1CCC(=O)N1C(=O)OCc1ccccc1.O=C(O)[C@@H]1CCC(=O)N1C(=O)OCc1ccccc1. The quantitative estimate of drug-likeness (QED) is 0.356. The lowest BCUT2D eigenvalue weighted by molar-refractivity contribution is -0.145. The molecule has 0 aromatic heterocycles. The number of imide groups is 2. The number of rotatable bonds is 9. The summed E-state index contributed by atoms with van der Waals surface area (Å²) in [7, 11) is 0. The van der Waals surface area contributed by atoms with Gasteiger partial charge in [-0.25, -0.2) is 24.2 Å². The van der Waals surface area contributed by atoms with E-state index < -0.39 is 36.1 Å². The number of carbonyl (C=O) groups is 6. The van der Waals surface area contributed by atoms with Gasteiger partial charge in [0.15, 0.2) is 0 Å². The number of hydrogen-bond donors (Lipinski definition) is 2. The summed E-state index contributed by atoms with van der Waals surface area (Å²) >= 11 is 0. The zero-order valence-corrected chi connectivity index (χ0v) is 25.1. The summed E-state index contributed by atoms with van der Waals surface area (Å²) in [6, 6.07) is 26.0. The molecule has 0 bridgehead atoms. The Morgan fingerprint density at radius 2 is 1.07 bits per heavy atom. The number of benzene rings is 3. The van der Waals surface area contributed by atoms with Crippen molar-refractivity contribution >= 4 is 35.9 Å². The highest BCUT2D eigenvalue weighted by molar-refractivity contribution is 6.01. The summed E-state index contributed by atoms with van der Waals surface area (Å²) in [6.07, 6.45) is -0.325. The summed E-state index contributed by atoms with van der Waals surface area (Å²) in [4.78, 5) is 72.7. The molecule has 2 heterocycles. The molecule has 3 aromatic carbocycles. The number of carboxylic acid groups (broad SMARTS) is 1. The van der Waals surface area contributed by atoms with Crippen molar-refractivity contribution in [3.63, 3.8) is 0 Å². The molecule has 3 aromatic rings. The molecule has 0 radical (unpaired) electrons. The van der Waals surface area contributed by atoms with Crippen molar-refractivity contribution < 1.29 is 43.3 Å². The maximum absolute atomic E-state index is 12.5. The summed E-state index contributed by atoms with van der Waals surface area (Å²) in [6.45, 7) is 0.516. The van der Waals surface area contributed by atoms with Crippen molar-refractivity contribution in [1.82, 2.24) is 15.1 Å². The number of amides is 5. The van der Waals surface area contributed by atoms with Gasteiger partial charge in [-0.3, -0.25) is 14.4 Å². The standard InChI is InChI=1S/C21H22N2O4.C13H13NO5/c24-19-12-11-18(20(25)22-14-13-16-7-3-1-4-8-16)23(19)21(26)27-15-17-9-5-2-6-10-17;15-11-7-6-10(12(16)17)14(11)13(18)19-8-9-4-2-1-3-5-9/h1-10,18H,11-15H2,(H,22,25);1-5,10H,6-8H2,(H,16,17)/t18-;10-/m00/s1. The van der Waals surface area contributed by atoms with Crippen LogP contribution in [-0.4, -0.2) is 69.4 Å². The molecule has 12 nitrogen and oxygen atoms in total. The summed E-state index contributed by atoms with van der Waals surface area (Å²) < 4.78 is 10.2. The van der Waals surface area contributed by atoms with E-state index in [2.05, 4.69) is 5.32 Å². The van der Waals surface area contributed by atoms with E-state index in [-0.39, 0.29) is 44.3 Å². The van der Waals surface area contributed by atoms with Crippen LogP contribution in [-0.2, 0) is 48.3 Å². The Morgan fingerprint density at radius 3 is 1.52 bits per heavy atom. The number of aliphatic carboxylic acids is 1. The van der Waals surface area contributed by atoms with Gasteiger partial charge in [0.25, 0.3) is 0 Å². The monoisotopic (exact) mass is 629 g/mol. The third-order valence-corrected chi connectivity index (χ3v) is 7.37. The van der Waals surface area contributed by atoms with E-state index in [1.807, 2.05) is 66.7 Å². The van der Waals surface area contributed by atoms with E-state index in [0.717, 1.165) is 21.6 Å². The summed E-state index contributed by atoms with van der Waals surface area (Å²) in [5, 5.41) is 11.7. The highest BCUT2D eigenvalue weighted by Crippen LogP contribution is 2.22. The number of ether oxygens (including phenoxy) is 2. The normalized spacial score (nSPS) is 17.1. The highest BCUT2D eigenvalue weighted by atomic mass is 16.6. The van der Waals surface area contributed by atoms with Gasteiger partial charge >= 0.3 is 18.2 Å². The van der Waals surface area contributed by atoms with Crippen LogP contribution in [0.5, 0.6) is 0 Å². The van der Waals surface area contributed by atoms with E-state index in [4.69, 9.17) is 14.6 Å². The van der Waals surface area contributed by atoms with E-state index in [0.29, 0.717) is 24.3 Å². The van der Waals surface area contributed by atoms with Crippen LogP contribution in [0.15, 0.2) is 91.0 Å². The van der Waals surface area contributed by atoms with Crippen LogP contribution in [0, 0.1) is 0 Å². The van der Waals surface area contributed by atoms with E-state index >= 15 is 0 Å². The predicted molar refractivity (Wildman–Crippen MR) is 164 cm³/mol. The molecule has 2 N–H and O–H groups in total. The molecule has 5 amide bonds. The van der Waals surface area contributed by atoms with Gasteiger partial charge in [-0.05, 0) is 36.0 Å². The molecule has 12 heteroatoms. The zero-order valence-electron chi connectivity index (χ0n) is 25.1. The average Bonchev–Trinajstić information content (AvgIpc) is 3.67. The number of carboxylic acids is 1. The first-order chi connectivity index (χ1) is 22.2. The third-order valence-electron chi connectivity index (χ3n) is 7.37. The Hall–Kier alpha value is -5.52. The lowest BCUT2D eigenvalue weighted by atomic mass is 10.1. The molecule has 0 spiro atoms. The summed E-state index contributed by atoms with van der Waals surface area (Å²) in [5.74, 6) is -2.40. The van der Waals surface area contributed by atoms with Gasteiger partial charge in [-0.15, -0.1) is 0 Å². The van der Waals surface area contributed by atoms with Crippen LogP contribution in [0.1, 0.15) is 42.4 Å². The van der Waals surface area contributed by atoms with E-state index in [1.165, 1.54) is 0 Å². The minimum Gasteiger partial charge on any atom is -0.480 e. The van der Waals surface area contributed by atoms with Gasteiger partial charge in [0.2, 0.25) is 17.7 Å². The maximum Gasteiger partial charge on any atom is 0.417 e. The molecule has 46 heavy (non-hydrogen) atoms. The van der Waals surface area contributed by atoms with Gasteiger partial charge < -0.3 is 19.9 Å². The number of carbonyl (C=O) groups excluding carboxylic acids is 5. The second-order valence-corrected chi connectivity index (χ2v) is 10.6. The zero-order chi connectivity index (χ0) is 32.9. The number of hydrogen-bond acceptors (Lipinski definition) is 8. The first-order valence-electron chi connectivity index (χ1n) is 14.8. The first-order valence-corrected chi connectivity index (χ1v) is 14.8. The van der Waals surface area contributed by atoms with Crippen LogP contribution in [0.25, 0.3) is 0 Å². The number of nitrogens with zero attached hydrogens (tertiary/aromatic N) is 2. The third kappa shape index (κ3) is 9.24. The van der Waals surface area contributed by atoms with Crippen LogP contribution in [0.3, 0.4) is 0 Å². The topological polar surface area (TPSA) is 160 Å². The fraction of sp³-hybridized carbons (Fsp3) is 0.294. The van der Waals surface area contributed by atoms with Crippen molar-refractivity contribution in [2.75, 3.05) is 6.54 Å². The van der Waals surface area contributed by atoms with Crippen LogP contribution >= 0.6 is 0 Å². The maximum atomic E-state index is 12.5. The van der Waals surface area contributed by atoms with Crippen molar-refractivity contribution in [3.8, 4) is 0 Å². The number of nitrogens with one attached hydrogen (secondary N) is 1. The Kier molecular flexibility index (Phi) is 12.0. The fourth-order valence-electron chi connectivity index (χ4n) is 4.98. The highest BCUT2D eigenvalue weighted by Gasteiger charge is 2.42. The van der Waals surface area contributed by atoms with Gasteiger partial charge in [-0.2, -0.15) is 0 Å². The second-order valence-electron chi connectivity index (χ2n) is 10.6. The lowest BCUT2D eigenvalue weighted by Gasteiger charge is -2.21. The molecule has 0 aliphatic carbocycles. The van der Waals surface area contributed by atoms with Gasteiger partial charge in [0.05, 0.1) is 0 Å². The summed E-state index contributed by atoms with van der Waals surface area (Å²) in [5.41, 5.74) is 2.70. The van der Waals surface area contributed by atoms with E-state index in [1.54, 1.807) is 24.3 Å². The molecule has 0 unspecified atom stereocenters. The molecule has 5 rings (SSSR count). The fourth-order valence-corrected chi connectivity index (χ4v) is 4.98. The van der Waals surface area contributed by atoms with Crippen molar-refractivity contribution in [1.29, 1.82) is 0 Å². The molecule has 2 saturated heterocycles. The minimum absolute atomic E-state index is 0.00971. The largest absolute Gasteiger partial charge is 0.480 e. The Balaban J connectivity index is 0.000000222. The van der Waals surface area contributed by atoms with Crippen molar-refractivity contribution in [2.45, 2.75) is 57.4 Å².